The van der Waals surface area contributed by atoms with Crippen LogP contribution >= 0.6 is 0 Å². The van der Waals surface area contributed by atoms with Gasteiger partial charge in [0.2, 0.25) is 0 Å². The van der Waals surface area contributed by atoms with Crippen LogP contribution in [-0.2, 0) is 4.79 Å². The van der Waals surface area contributed by atoms with E-state index >= 15 is 0 Å². The first-order valence-electron chi connectivity index (χ1n) is 6.08. The second-order valence-electron chi connectivity index (χ2n) is 4.21. The molecule has 0 atom stereocenters. The summed E-state index contributed by atoms with van der Waals surface area (Å²) < 4.78 is 31.2. The third-order valence-corrected chi connectivity index (χ3v) is 2.62. The Balaban J connectivity index is 1.91. The number of rotatable bonds is 5. The highest BCUT2D eigenvalue weighted by molar-refractivity contribution is 5.91. The molecule has 2 rings (SSSR count). The zero-order valence-electron chi connectivity index (χ0n) is 11.1. The lowest BCUT2D eigenvalue weighted by Crippen LogP contribution is -2.20. The van der Waals surface area contributed by atoms with Gasteiger partial charge in [-0.25, -0.2) is 8.78 Å². The molecule has 0 saturated carbocycles. The number of carbonyl (C=O) groups excluding carboxylic acids is 1. The Bertz CT molecular complexity index is 704. The van der Waals surface area contributed by atoms with Crippen LogP contribution in [0.3, 0.4) is 0 Å². The molecule has 0 aliphatic rings. The number of nitrogens with one attached hydrogen (secondary N) is 1. The number of nitrogens with zero attached hydrogens (tertiary/aromatic N) is 1. The van der Waals surface area contributed by atoms with Gasteiger partial charge in [0, 0.05) is 18.2 Å². The maximum absolute atomic E-state index is 13.3. The predicted octanol–water partition coefficient (Wildman–Crippen LogP) is 2.89. The summed E-state index contributed by atoms with van der Waals surface area (Å²) in [5.41, 5.74) is -0.274. The molecular formula is C14H10F2N2O4. The van der Waals surface area contributed by atoms with E-state index in [1.165, 1.54) is 24.3 Å². The summed E-state index contributed by atoms with van der Waals surface area (Å²) in [7, 11) is 0. The van der Waals surface area contributed by atoms with Gasteiger partial charge in [-0.2, -0.15) is 0 Å². The summed E-state index contributed by atoms with van der Waals surface area (Å²) in [5, 5.41) is 12.7. The number of anilines is 1. The molecule has 0 aliphatic carbocycles. The van der Waals surface area contributed by atoms with Gasteiger partial charge in [0.05, 0.1) is 10.6 Å². The Morgan fingerprint density at radius 3 is 2.45 bits per heavy atom. The molecule has 1 amide bonds. The Labute approximate surface area is 123 Å². The minimum atomic E-state index is -0.899. The number of hydrogen-bond acceptors (Lipinski definition) is 4. The van der Waals surface area contributed by atoms with E-state index in [1.807, 2.05) is 0 Å². The van der Waals surface area contributed by atoms with Gasteiger partial charge in [-0.1, -0.05) is 0 Å². The first-order chi connectivity index (χ1) is 10.5. The van der Waals surface area contributed by atoms with Crippen molar-refractivity contribution in [3.63, 3.8) is 0 Å². The molecule has 0 radical (unpaired) electrons. The standard InChI is InChI=1S/C14H10F2N2O4/c15-9-1-6-13(12(16)7-9)17-14(19)8-22-11-4-2-10(3-5-11)18(20)21/h1-7H,8H2,(H,17,19). The smallest absolute Gasteiger partial charge is 0.269 e. The van der Waals surface area contributed by atoms with Crippen molar-refractivity contribution in [3.8, 4) is 5.75 Å². The van der Waals surface area contributed by atoms with Crippen LogP contribution in [0.25, 0.3) is 0 Å². The van der Waals surface area contributed by atoms with Crippen molar-refractivity contribution in [3.05, 3.63) is 64.2 Å². The van der Waals surface area contributed by atoms with Crippen molar-refractivity contribution >= 4 is 17.3 Å². The third kappa shape index (κ3) is 3.98. The van der Waals surface area contributed by atoms with Crippen molar-refractivity contribution in [1.82, 2.24) is 0 Å². The summed E-state index contributed by atoms with van der Waals surface area (Å²) >= 11 is 0. The molecule has 2 aromatic rings. The Morgan fingerprint density at radius 1 is 1.18 bits per heavy atom. The van der Waals surface area contributed by atoms with Gasteiger partial charge in [-0.05, 0) is 24.3 Å². The van der Waals surface area contributed by atoms with E-state index < -0.39 is 29.1 Å². The molecule has 22 heavy (non-hydrogen) atoms. The summed E-state index contributed by atoms with van der Waals surface area (Å²) in [6.07, 6.45) is 0. The minimum absolute atomic E-state index is 0.106. The Hall–Kier alpha value is -3.03. The van der Waals surface area contributed by atoms with Crippen molar-refractivity contribution in [2.45, 2.75) is 0 Å². The van der Waals surface area contributed by atoms with Crippen molar-refractivity contribution in [2.24, 2.45) is 0 Å². The quantitative estimate of drug-likeness (QED) is 0.680. The molecule has 1 N–H and O–H groups in total. The molecule has 0 bridgehead atoms. The average Bonchev–Trinajstić information content (AvgIpc) is 2.48. The van der Waals surface area contributed by atoms with Gasteiger partial charge in [-0.3, -0.25) is 14.9 Å². The summed E-state index contributed by atoms with van der Waals surface area (Å²) in [6.45, 7) is -0.422. The third-order valence-electron chi connectivity index (χ3n) is 2.62. The average molecular weight is 308 g/mol. The molecule has 0 unspecified atom stereocenters. The van der Waals surface area contributed by atoms with Gasteiger partial charge < -0.3 is 10.1 Å². The van der Waals surface area contributed by atoms with Crippen molar-refractivity contribution in [1.29, 1.82) is 0 Å². The SMILES string of the molecule is O=C(COc1ccc([N+](=O)[O-])cc1)Nc1ccc(F)cc1F. The largest absolute Gasteiger partial charge is 0.484 e. The second kappa shape index (κ2) is 6.61. The molecule has 2 aromatic carbocycles. The number of halogens is 2. The number of ether oxygens (including phenoxy) is 1. The van der Waals surface area contributed by atoms with Crippen LogP contribution in [0.1, 0.15) is 0 Å². The van der Waals surface area contributed by atoms with E-state index in [9.17, 15) is 23.7 Å². The van der Waals surface area contributed by atoms with Crippen LogP contribution in [0, 0.1) is 21.7 Å². The van der Waals surface area contributed by atoms with Crippen molar-refractivity contribution in [2.75, 3.05) is 11.9 Å². The van der Waals surface area contributed by atoms with E-state index in [4.69, 9.17) is 4.74 Å². The molecule has 8 heteroatoms. The first-order valence-corrected chi connectivity index (χ1v) is 6.08. The monoisotopic (exact) mass is 308 g/mol. The summed E-state index contributed by atoms with van der Waals surface area (Å²) in [5.74, 6) is -2.05. The predicted molar refractivity (Wildman–Crippen MR) is 73.6 cm³/mol. The van der Waals surface area contributed by atoms with Gasteiger partial charge in [0.1, 0.15) is 17.4 Å². The minimum Gasteiger partial charge on any atom is -0.484 e. The second-order valence-corrected chi connectivity index (χ2v) is 4.21. The molecule has 0 fully saturated rings. The van der Waals surface area contributed by atoms with E-state index in [2.05, 4.69) is 5.32 Å². The van der Waals surface area contributed by atoms with Crippen LogP contribution in [0.15, 0.2) is 42.5 Å². The fraction of sp³-hybridized carbons (Fsp3) is 0.0714. The van der Waals surface area contributed by atoms with E-state index in [0.717, 1.165) is 12.1 Å². The van der Waals surface area contributed by atoms with Gasteiger partial charge in [0.15, 0.2) is 6.61 Å². The van der Waals surface area contributed by atoms with E-state index in [0.29, 0.717) is 6.07 Å². The lowest BCUT2D eigenvalue weighted by atomic mass is 10.3. The lowest BCUT2D eigenvalue weighted by molar-refractivity contribution is -0.384. The van der Waals surface area contributed by atoms with Gasteiger partial charge in [0.25, 0.3) is 11.6 Å². The molecule has 0 heterocycles. The van der Waals surface area contributed by atoms with E-state index in [1.54, 1.807) is 0 Å². The van der Waals surface area contributed by atoms with E-state index in [-0.39, 0.29) is 17.1 Å². The highest BCUT2D eigenvalue weighted by Gasteiger charge is 2.09. The molecule has 0 aliphatic heterocycles. The number of nitro benzene ring substituents is 1. The van der Waals surface area contributed by atoms with Crippen LogP contribution in [0.4, 0.5) is 20.2 Å². The summed E-state index contributed by atoms with van der Waals surface area (Å²) in [4.78, 5) is 21.5. The zero-order valence-corrected chi connectivity index (χ0v) is 11.1. The maximum atomic E-state index is 13.3. The highest BCUT2D eigenvalue weighted by Crippen LogP contribution is 2.18. The normalized spacial score (nSPS) is 10.1. The molecule has 0 saturated heterocycles. The Kier molecular flexibility index (Phi) is 4.62. The number of nitro groups is 1. The Morgan fingerprint density at radius 2 is 1.86 bits per heavy atom. The fourth-order valence-corrected chi connectivity index (χ4v) is 1.59. The zero-order chi connectivity index (χ0) is 16.1. The molecule has 0 spiro atoms. The number of hydrogen-bond donors (Lipinski definition) is 1. The molecule has 6 nitrogen and oxygen atoms in total. The number of non-ortho nitro benzene ring substituents is 1. The maximum Gasteiger partial charge on any atom is 0.269 e. The molecule has 0 aromatic heterocycles. The van der Waals surface area contributed by atoms with Crippen molar-refractivity contribution < 1.29 is 23.2 Å². The molecular weight excluding hydrogens is 298 g/mol. The topological polar surface area (TPSA) is 81.5 Å². The molecule has 114 valence electrons. The van der Waals surface area contributed by atoms with Crippen LogP contribution in [0.5, 0.6) is 5.75 Å². The van der Waals surface area contributed by atoms with Gasteiger partial charge in [-0.15, -0.1) is 0 Å². The number of benzene rings is 2. The number of amides is 1. The van der Waals surface area contributed by atoms with Crippen LogP contribution in [0.2, 0.25) is 0 Å². The van der Waals surface area contributed by atoms with Crippen LogP contribution < -0.4 is 10.1 Å². The van der Waals surface area contributed by atoms with Gasteiger partial charge >= 0.3 is 0 Å². The fourth-order valence-electron chi connectivity index (χ4n) is 1.59. The van der Waals surface area contributed by atoms with Crippen LogP contribution in [-0.4, -0.2) is 17.4 Å². The highest BCUT2D eigenvalue weighted by atomic mass is 19.1. The number of carbonyl (C=O) groups is 1. The first kappa shape index (κ1) is 15.4. The lowest BCUT2D eigenvalue weighted by Gasteiger charge is -2.08. The summed E-state index contributed by atoms with van der Waals surface area (Å²) in [6, 6.07) is 7.88.